The van der Waals surface area contributed by atoms with E-state index in [-0.39, 0.29) is 0 Å². The standard InChI is InChI=1S/C14H22ClN5/c1-5-10(3)8-20(6-2)9-12-17-13(15)11-7-16-19(4)14(11)18-12/h7,10H,5-6,8-9H2,1-4H3. The predicted octanol–water partition coefficient (Wildman–Crippen LogP) is 2.88. The molecule has 2 heterocycles. The van der Waals surface area contributed by atoms with Gasteiger partial charge in [0, 0.05) is 13.6 Å². The van der Waals surface area contributed by atoms with E-state index < -0.39 is 0 Å². The van der Waals surface area contributed by atoms with Gasteiger partial charge in [-0.05, 0) is 12.5 Å². The van der Waals surface area contributed by atoms with E-state index in [1.54, 1.807) is 10.9 Å². The summed E-state index contributed by atoms with van der Waals surface area (Å²) in [5.74, 6) is 1.43. The first kappa shape index (κ1) is 15.2. The molecule has 2 aromatic heterocycles. The number of aryl methyl sites for hydroxylation is 1. The maximum absolute atomic E-state index is 6.21. The lowest BCUT2D eigenvalue weighted by Crippen LogP contribution is -2.28. The van der Waals surface area contributed by atoms with Crippen molar-refractivity contribution < 1.29 is 0 Å². The lowest BCUT2D eigenvalue weighted by atomic mass is 10.1. The highest BCUT2D eigenvalue weighted by Crippen LogP contribution is 2.20. The Morgan fingerprint density at radius 2 is 2.10 bits per heavy atom. The first-order chi connectivity index (χ1) is 9.55. The van der Waals surface area contributed by atoms with Crippen molar-refractivity contribution in [2.45, 2.75) is 33.7 Å². The SMILES string of the molecule is CCC(C)CN(CC)Cc1nc(Cl)c2cnn(C)c2n1. The second kappa shape index (κ2) is 6.50. The molecule has 1 atom stereocenters. The lowest BCUT2D eigenvalue weighted by Gasteiger charge is -2.22. The van der Waals surface area contributed by atoms with Gasteiger partial charge in [-0.25, -0.2) is 9.97 Å². The number of nitrogens with zero attached hydrogens (tertiary/aromatic N) is 5. The molecule has 110 valence electrons. The van der Waals surface area contributed by atoms with Crippen molar-refractivity contribution in [2.24, 2.45) is 13.0 Å². The minimum atomic E-state index is 0.484. The molecular formula is C14H22ClN5. The molecular weight excluding hydrogens is 274 g/mol. The van der Waals surface area contributed by atoms with Crippen molar-refractivity contribution in [1.82, 2.24) is 24.6 Å². The molecule has 0 aliphatic rings. The normalized spacial score (nSPS) is 13.3. The minimum Gasteiger partial charge on any atom is -0.296 e. The zero-order valence-corrected chi connectivity index (χ0v) is 13.4. The van der Waals surface area contributed by atoms with Crippen LogP contribution in [0.15, 0.2) is 6.20 Å². The van der Waals surface area contributed by atoms with E-state index in [1.165, 1.54) is 6.42 Å². The molecule has 2 aromatic rings. The summed E-state index contributed by atoms with van der Waals surface area (Å²) in [7, 11) is 1.87. The number of hydrogen-bond donors (Lipinski definition) is 0. The summed E-state index contributed by atoms with van der Waals surface area (Å²) < 4.78 is 1.73. The summed E-state index contributed by atoms with van der Waals surface area (Å²) in [5, 5.41) is 5.47. The number of aromatic nitrogens is 4. The van der Waals surface area contributed by atoms with Gasteiger partial charge in [-0.3, -0.25) is 9.58 Å². The Labute approximate surface area is 125 Å². The van der Waals surface area contributed by atoms with Crippen LogP contribution < -0.4 is 0 Å². The van der Waals surface area contributed by atoms with Gasteiger partial charge in [0.1, 0.15) is 11.0 Å². The second-order valence-electron chi connectivity index (χ2n) is 5.28. The van der Waals surface area contributed by atoms with Gasteiger partial charge in [0.15, 0.2) is 5.65 Å². The monoisotopic (exact) mass is 295 g/mol. The van der Waals surface area contributed by atoms with Gasteiger partial charge in [0.05, 0.1) is 18.1 Å². The van der Waals surface area contributed by atoms with Crippen LogP contribution in [0.2, 0.25) is 5.15 Å². The minimum absolute atomic E-state index is 0.484. The highest BCUT2D eigenvalue weighted by Gasteiger charge is 2.13. The van der Waals surface area contributed by atoms with Crippen molar-refractivity contribution in [3.63, 3.8) is 0 Å². The highest BCUT2D eigenvalue weighted by atomic mass is 35.5. The lowest BCUT2D eigenvalue weighted by molar-refractivity contribution is 0.233. The van der Waals surface area contributed by atoms with Crippen molar-refractivity contribution in [3.05, 3.63) is 17.2 Å². The van der Waals surface area contributed by atoms with Gasteiger partial charge in [0.2, 0.25) is 0 Å². The second-order valence-corrected chi connectivity index (χ2v) is 5.64. The molecule has 0 fully saturated rings. The average molecular weight is 296 g/mol. The number of hydrogen-bond acceptors (Lipinski definition) is 4. The van der Waals surface area contributed by atoms with Crippen molar-refractivity contribution in [1.29, 1.82) is 0 Å². The molecule has 20 heavy (non-hydrogen) atoms. The largest absolute Gasteiger partial charge is 0.296 e. The topological polar surface area (TPSA) is 46.8 Å². The van der Waals surface area contributed by atoms with Crippen LogP contribution in [0, 0.1) is 5.92 Å². The Morgan fingerprint density at radius 1 is 1.35 bits per heavy atom. The van der Waals surface area contributed by atoms with E-state index in [0.29, 0.717) is 11.1 Å². The van der Waals surface area contributed by atoms with E-state index in [1.807, 2.05) is 7.05 Å². The summed E-state index contributed by atoms with van der Waals surface area (Å²) in [4.78, 5) is 11.3. The highest BCUT2D eigenvalue weighted by molar-refractivity contribution is 6.33. The van der Waals surface area contributed by atoms with Crippen molar-refractivity contribution >= 4 is 22.6 Å². The molecule has 2 rings (SSSR count). The summed E-state index contributed by atoms with van der Waals surface area (Å²) >= 11 is 6.21. The molecule has 6 heteroatoms. The van der Waals surface area contributed by atoms with Crippen LogP contribution in [0.1, 0.15) is 33.0 Å². The first-order valence-electron chi connectivity index (χ1n) is 7.11. The van der Waals surface area contributed by atoms with E-state index in [4.69, 9.17) is 11.6 Å². The van der Waals surface area contributed by atoms with Crippen molar-refractivity contribution in [3.8, 4) is 0 Å². The molecule has 1 unspecified atom stereocenters. The Hall–Kier alpha value is -1.20. The van der Waals surface area contributed by atoms with Gasteiger partial charge >= 0.3 is 0 Å². The van der Waals surface area contributed by atoms with Crippen LogP contribution in [0.4, 0.5) is 0 Å². The quantitative estimate of drug-likeness (QED) is 0.769. The maximum Gasteiger partial charge on any atom is 0.162 e. The van der Waals surface area contributed by atoms with Gasteiger partial charge in [-0.1, -0.05) is 38.8 Å². The van der Waals surface area contributed by atoms with Crippen LogP contribution >= 0.6 is 11.6 Å². The van der Waals surface area contributed by atoms with Crippen LogP contribution in [-0.4, -0.2) is 37.7 Å². The van der Waals surface area contributed by atoms with Crippen LogP contribution in [0.5, 0.6) is 0 Å². The fourth-order valence-electron chi connectivity index (χ4n) is 2.18. The van der Waals surface area contributed by atoms with E-state index in [9.17, 15) is 0 Å². The van der Waals surface area contributed by atoms with Gasteiger partial charge in [-0.2, -0.15) is 5.10 Å². The van der Waals surface area contributed by atoms with Crippen LogP contribution in [0.25, 0.3) is 11.0 Å². The number of halogens is 1. The molecule has 5 nitrogen and oxygen atoms in total. The van der Waals surface area contributed by atoms with Gasteiger partial charge in [0.25, 0.3) is 0 Å². The molecule has 0 amide bonds. The Morgan fingerprint density at radius 3 is 2.75 bits per heavy atom. The molecule has 0 aliphatic heterocycles. The molecule has 0 spiro atoms. The van der Waals surface area contributed by atoms with Crippen molar-refractivity contribution in [2.75, 3.05) is 13.1 Å². The Kier molecular flexibility index (Phi) is 4.94. The third-order valence-electron chi connectivity index (χ3n) is 3.67. The smallest absolute Gasteiger partial charge is 0.162 e. The Balaban J connectivity index is 2.21. The third kappa shape index (κ3) is 3.27. The number of fused-ring (bicyclic) bond motifs is 1. The number of rotatable bonds is 6. The average Bonchev–Trinajstić information content (AvgIpc) is 2.80. The molecule has 0 N–H and O–H groups in total. The fraction of sp³-hybridized carbons (Fsp3) is 0.643. The molecule has 0 aromatic carbocycles. The van der Waals surface area contributed by atoms with E-state index in [2.05, 4.69) is 40.7 Å². The summed E-state index contributed by atoms with van der Waals surface area (Å²) in [6, 6.07) is 0. The molecule has 0 radical (unpaired) electrons. The summed E-state index contributed by atoms with van der Waals surface area (Å²) in [6.07, 6.45) is 2.89. The molecule has 0 saturated heterocycles. The maximum atomic E-state index is 6.21. The Bertz CT molecular complexity index is 580. The van der Waals surface area contributed by atoms with E-state index in [0.717, 1.165) is 36.5 Å². The molecule has 0 bridgehead atoms. The van der Waals surface area contributed by atoms with Gasteiger partial charge < -0.3 is 0 Å². The zero-order valence-electron chi connectivity index (χ0n) is 12.6. The zero-order chi connectivity index (χ0) is 14.7. The van der Waals surface area contributed by atoms with Gasteiger partial charge in [-0.15, -0.1) is 0 Å². The summed E-state index contributed by atoms with van der Waals surface area (Å²) in [5.41, 5.74) is 0.791. The molecule has 0 saturated carbocycles. The third-order valence-corrected chi connectivity index (χ3v) is 3.96. The fourth-order valence-corrected chi connectivity index (χ4v) is 2.41. The molecule has 0 aliphatic carbocycles. The summed E-state index contributed by atoms with van der Waals surface area (Å²) in [6.45, 7) is 9.40. The predicted molar refractivity (Wildman–Crippen MR) is 81.7 cm³/mol. The first-order valence-corrected chi connectivity index (χ1v) is 7.49. The van der Waals surface area contributed by atoms with E-state index >= 15 is 0 Å². The van der Waals surface area contributed by atoms with Crippen LogP contribution in [-0.2, 0) is 13.6 Å². The van der Waals surface area contributed by atoms with Crippen LogP contribution in [0.3, 0.4) is 0 Å².